The highest BCUT2D eigenvalue weighted by Crippen LogP contribution is 2.31. The number of carboxylic acids is 1. The van der Waals surface area contributed by atoms with E-state index in [1.165, 1.54) is 0 Å². The van der Waals surface area contributed by atoms with Crippen LogP contribution in [-0.4, -0.2) is 35.7 Å². The van der Waals surface area contributed by atoms with Crippen LogP contribution in [0.4, 0.5) is 0 Å². The van der Waals surface area contributed by atoms with E-state index in [-0.39, 0.29) is 29.9 Å². The van der Waals surface area contributed by atoms with E-state index in [0.29, 0.717) is 31.8 Å². The Morgan fingerprint density at radius 3 is 2.52 bits per heavy atom. The van der Waals surface area contributed by atoms with Gasteiger partial charge in [0.2, 0.25) is 5.91 Å². The summed E-state index contributed by atoms with van der Waals surface area (Å²) in [4.78, 5) is 23.2. The van der Waals surface area contributed by atoms with Crippen molar-refractivity contribution in [1.82, 2.24) is 5.32 Å². The zero-order chi connectivity index (χ0) is 15.4. The van der Waals surface area contributed by atoms with E-state index in [0.717, 1.165) is 19.3 Å². The van der Waals surface area contributed by atoms with Crippen LogP contribution >= 0.6 is 0 Å². The van der Waals surface area contributed by atoms with Crippen molar-refractivity contribution in [2.75, 3.05) is 6.61 Å². The number of carbonyl (C=O) groups excluding carboxylic acids is 1. The van der Waals surface area contributed by atoms with Crippen LogP contribution in [-0.2, 0) is 14.3 Å². The minimum atomic E-state index is -0.770. The minimum Gasteiger partial charge on any atom is -0.481 e. The number of rotatable bonds is 5. The zero-order valence-electron chi connectivity index (χ0n) is 13.0. The molecule has 2 rings (SSSR count). The van der Waals surface area contributed by atoms with Crippen LogP contribution in [0.2, 0.25) is 0 Å². The Bertz CT molecular complexity index is 382. The van der Waals surface area contributed by atoms with Crippen molar-refractivity contribution in [3.63, 3.8) is 0 Å². The molecule has 2 unspecified atom stereocenters. The summed E-state index contributed by atoms with van der Waals surface area (Å²) in [6, 6.07) is 0.180. The number of amides is 1. The molecule has 1 amide bonds. The van der Waals surface area contributed by atoms with Gasteiger partial charge in [-0.05, 0) is 44.4 Å². The molecule has 2 aliphatic rings. The lowest BCUT2D eigenvalue weighted by molar-refractivity contribution is -0.141. The van der Waals surface area contributed by atoms with Gasteiger partial charge in [-0.3, -0.25) is 9.59 Å². The molecule has 0 aromatic heterocycles. The van der Waals surface area contributed by atoms with E-state index in [9.17, 15) is 9.59 Å². The molecular weight excluding hydrogens is 270 g/mol. The molecule has 2 N–H and O–H groups in total. The van der Waals surface area contributed by atoms with Gasteiger partial charge < -0.3 is 15.2 Å². The Morgan fingerprint density at radius 2 is 1.90 bits per heavy atom. The predicted octanol–water partition coefficient (Wildman–Crippen LogP) is 2.20. The van der Waals surface area contributed by atoms with Gasteiger partial charge in [-0.15, -0.1) is 0 Å². The normalized spacial score (nSPS) is 33.1. The number of hydrogen-bond donors (Lipinski definition) is 2. The van der Waals surface area contributed by atoms with Crippen LogP contribution in [0, 0.1) is 17.8 Å². The summed E-state index contributed by atoms with van der Waals surface area (Å²) in [6.07, 6.45) is 4.79. The van der Waals surface area contributed by atoms with Crippen LogP contribution in [0.25, 0.3) is 0 Å². The van der Waals surface area contributed by atoms with Crippen LogP contribution < -0.4 is 5.32 Å². The van der Waals surface area contributed by atoms with Gasteiger partial charge in [0.25, 0.3) is 0 Å². The number of ether oxygens (including phenoxy) is 1. The monoisotopic (exact) mass is 297 g/mol. The summed E-state index contributed by atoms with van der Waals surface area (Å²) >= 11 is 0. The van der Waals surface area contributed by atoms with Crippen molar-refractivity contribution < 1.29 is 19.4 Å². The molecule has 1 saturated carbocycles. The summed E-state index contributed by atoms with van der Waals surface area (Å²) in [5.74, 6) is -0.612. The lowest BCUT2D eigenvalue weighted by Crippen LogP contribution is -2.44. The second kappa shape index (κ2) is 7.25. The van der Waals surface area contributed by atoms with Crippen molar-refractivity contribution in [1.29, 1.82) is 0 Å². The Morgan fingerprint density at radius 1 is 1.19 bits per heavy atom. The standard InChI is InChI=1S/C16H27NO4/c1-10(2)7-14-9-13(5-6-21-14)17-15(18)11-3-4-12(8-11)16(19)20/h10-14H,3-9H2,1-2H3,(H,17,18)(H,19,20)/t11-,12+,13?,14?/m1/s1. The number of nitrogens with one attached hydrogen (secondary N) is 1. The van der Waals surface area contributed by atoms with E-state index < -0.39 is 5.97 Å². The maximum Gasteiger partial charge on any atom is 0.306 e. The number of carboxylic acid groups (broad SMARTS) is 1. The minimum absolute atomic E-state index is 0.0361. The van der Waals surface area contributed by atoms with Gasteiger partial charge in [0.1, 0.15) is 0 Å². The highest BCUT2D eigenvalue weighted by atomic mass is 16.5. The highest BCUT2D eigenvalue weighted by Gasteiger charge is 2.35. The van der Waals surface area contributed by atoms with E-state index >= 15 is 0 Å². The average molecular weight is 297 g/mol. The predicted molar refractivity (Wildman–Crippen MR) is 78.8 cm³/mol. The summed E-state index contributed by atoms with van der Waals surface area (Å²) < 4.78 is 5.75. The average Bonchev–Trinajstić information content (AvgIpc) is 2.88. The molecule has 120 valence electrons. The van der Waals surface area contributed by atoms with Gasteiger partial charge >= 0.3 is 5.97 Å². The number of carbonyl (C=O) groups is 2. The SMILES string of the molecule is CC(C)CC1CC(NC(=O)[C@@H]2CC[C@H](C(=O)O)C2)CCO1. The largest absolute Gasteiger partial charge is 0.481 e. The van der Waals surface area contributed by atoms with Crippen LogP contribution in [0.15, 0.2) is 0 Å². The third-order valence-electron chi connectivity index (χ3n) is 4.60. The van der Waals surface area contributed by atoms with Gasteiger partial charge in [-0.25, -0.2) is 0 Å². The van der Waals surface area contributed by atoms with Crippen LogP contribution in [0.5, 0.6) is 0 Å². The van der Waals surface area contributed by atoms with E-state index in [1.54, 1.807) is 0 Å². The maximum atomic E-state index is 12.3. The van der Waals surface area contributed by atoms with E-state index in [4.69, 9.17) is 9.84 Å². The molecule has 0 aromatic carbocycles. The van der Waals surface area contributed by atoms with Gasteiger partial charge in [0.15, 0.2) is 0 Å². The van der Waals surface area contributed by atoms with E-state index in [1.807, 2.05) is 0 Å². The smallest absolute Gasteiger partial charge is 0.306 e. The first kappa shape index (κ1) is 16.3. The Kier molecular flexibility index (Phi) is 5.62. The quantitative estimate of drug-likeness (QED) is 0.815. The molecule has 0 bridgehead atoms. The second-order valence-corrected chi connectivity index (χ2v) is 6.90. The van der Waals surface area contributed by atoms with Crippen LogP contribution in [0.3, 0.4) is 0 Å². The molecule has 0 aromatic rings. The zero-order valence-corrected chi connectivity index (χ0v) is 13.0. The Labute approximate surface area is 126 Å². The first-order chi connectivity index (χ1) is 9.95. The lowest BCUT2D eigenvalue weighted by Gasteiger charge is -2.31. The number of aliphatic carboxylic acids is 1. The van der Waals surface area contributed by atoms with Crippen LogP contribution in [0.1, 0.15) is 52.4 Å². The van der Waals surface area contributed by atoms with E-state index in [2.05, 4.69) is 19.2 Å². The molecule has 0 radical (unpaired) electrons. The van der Waals surface area contributed by atoms with Crippen molar-refractivity contribution in [2.24, 2.45) is 17.8 Å². The van der Waals surface area contributed by atoms with Gasteiger partial charge in [0, 0.05) is 18.6 Å². The fraction of sp³-hybridized carbons (Fsp3) is 0.875. The molecule has 0 spiro atoms. The molecule has 2 fully saturated rings. The fourth-order valence-corrected chi connectivity index (χ4v) is 3.46. The first-order valence-electron chi connectivity index (χ1n) is 8.10. The Balaban J connectivity index is 1.78. The van der Waals surface area contributed by atoms with Crippen molar-refractivity contribution in [3.8, 4) is 0 Å². The summed E-state index contributed by atoms with van der Waals surface area (Å²) in [5, 5.41) is 12.1. The first-order valence-corrected chi connectivity index (χ1v) is 8.10. The molecule has 1 heterocycles. The molecule has 5 nitrogen and oxygen atoms in total. The molecule has 1 aliphatic carbocycles. The second-order valence-electron chi connectivity index (χ2n) is 6.90. The van der Waals surface area contributed by atoms with Gasteiger partial charge in [-0.2, -0.15) is 0 Å². The van der Waals surface area contributed by atoms with Gasteiger partial charge in [0.05, 0.1) is 12.0 Å². The molecule has 4 atom stereocenters. The molecule has 1 saturated heterocycles. The Hall–Kier alpha value is -1.10. The van der Waals surface area contributed by atoms with Crippen molar-refractivity contribution in [2.45, 2.75) is 64.5 Å². The summed E-state index contributed by atoms with van der Waals surface area (Å²) in [6.45, 7) is 5.05. The van der Waals surface area contributed by atoms with Crippen molar-refractivity contribution in [3.05, 3.63) is 0 Å². The maximum absolute atomic E-state index is 12.3. The molecular formula is C16H27NO4. The molecule has 21 heavy (non-hydrogen) atoms. The summed E-state index contributed by atoms with van der Waals surface area (Å²) in [5.41, 5.74) is 0. The highest BCUT2D eigenvalue weighted by molar-refractivity contribution is 5.81. The molecule has 5 heteroatoms. The third kappa shape index (κ3) is 4.70. The lowest BCUT2D eigenvalue weighted by atomic mass is 9.95. The van der Waals surface area contributed by atoms with Gasteiger partial charge in [-0.1, -0.05) is 13.8 Å². The fourth-order valence-electron chi connectivity index (χ4n) is 3.46. The molecule has 1 aliphatic heterocycles. The number of hydrogen-bond acceptors (Lipinski definition) is 3. The topological polar surface area (TPSA) is 75.6 Å². The summed E-state index contributed by atoms with van der Waals surface area (Å²) in [7, 11) is 0. The van der Waals surface area contributed by atoms with Crippen molar-refractivity contribution >= 4 is 11.9 Å². The third-order valence-corrected chi connectivity index (χ3v) is 4.60.